The van der Waals surface area contributed by atoms with E-state index in [0.717, 1.165) is 4.90 Å². The molecule has 1 N–H and O–H groups in total. The highest BCUT2D eigenvalue weighted by atomic mass is 19.3. The molecule has 0 aliphatic carbocycles. The third-order valence-corrected chi connectivity index (χ3v) is 3.99. The van der Waals surface area contributed by atoms with Gasteiger partial charge < -0.3 is 19.5 Å². The van der Waals surface area contributed by atoms with Gasteiger partial charge in [-0.15, -0.1) is 8.78 Å². The Kier molecular flexibility index (Phi) is 4.43. The molecule has 26 heavy (non-hydrogen) atoms. The van der Waals surface area contributed by atoms with E-state index in [1.807, 2.05) is 0 Å². The molecular weight excluding hydrogens is 354 g/mol. The number of benzene rings is 1. The van der Waals surface area contributed by atoms with Crippen LogP contribution < -0.4 is 14.8 Å². The molecule has 0 saturated carbocycles. The zero-order chi connectivity index (χ0) is 19.1. The maximum absolute atomic E-state index is 13.1. The van der Waals surface area contributed by atoms with Gasteiger partial charge in [0.15, 0.2) is 11.5 Å². The van der Waals surface area contributed by atoms with Gasteiger partial charge in [-0.05, 0) is 31.5 Å². The van der Waals surface area contributed by atoms with Crippen LogP contribution in [0.3, 0.4) is 0 Å². The molecule has 3 amide bonds. The highest BCUT2D eigenvalue weighted by Crippen LogP contribution is 2.42. The predicted octanol–water partition coefficient (Wildman–Crippen LogP) is 1.94. The van der Waals surface area contributed by atoms with Crippen LogP contribution in [-0.2, 0) is 14.3 Å². The van der Waals surface area contributed by atoms with E-state index in [2.05, 4.69) is 14.8 Å². The van der Waals surface area contributed by atoms with Gasteiger partial charge >= 0.3 is 18.3 Å². The van der Waals surface area contributed by atoms with E-state index < -0.39 is 36.3 Å². The quantitative estimate of drug-likeness (QED) is 0.643. The fraction of sp³-hybridized carbons (Fsp3) is 0.438. The molecule has 2 heterocycles. The molecule has 1 aromatic rings. The molecule has 2 atom stereocenters. The number of carbonyl (C=O) groups excluding carboxylic acids is 3. The van der Waals surface area contributed by atoms with Gasteiger partial charge in [0.2, 0.25) is 5.91 Å². The average Bonchev–Trinajstić information content (AvgIpc) is 2.84. The summed E-state index contributed by atoms with van der Waals surface area (Å²) in [7, 11) is 0. The van der Waals surface area contributed by atoms with E-state index in [4.69, 9.17) is 4.74 Å². The van der Waals surface area contributed by atoms with Crippen LogP contribution in [-0.4, -0.2) is 41.8 Å². The zero-order valence-corrected chi connectivity index (χ0v) is 14.0. The lowest BCUT2D eigenvalue weighted by molar-refractivity contribution is -0.286. The molecule has 1 fully saturated rings. The fourth-order valence-electron chi connectivity index (χ4n) is 2.67. The summed E-state index contributed by atoms with van der Waals surface area (Å²) in [5.74, 6) is -1.42. The first-order chi connectivity index (χ1) is 12.2. The average molecular weight is 370 g/mol. The van der Waals surface area contributed by atoms with Crippen molar-refractivity contribution < 1.29 is 37.4 Å². The molecule has 2 aliphatic rings. The standard InChI is InChI=1S/C16H16F2N2O6/c1-3-24-14(22)10-7-13(21)20(10)15(23)19-8(2)9-4-5-11-12(6-9)26-16(17,18)25-11/h4-6,8,10H,3,7H2,1-2H3,(H,19,23)/t8-,10+/m1/s1. The summed E-state index contributed by atoms with van der Waals surface area (Å²) < 4.78 is 39.6. The molecule has 140 valence electrons. The van der Waals surface area contributed by atoms with Gasteiger partial charge in [0.25, 0.3) is 0 Å². The van der Waals surface area contributed by atoms with Crippen LogP contribution in [0.25, 0.3) is 0 Å². The summed E-state index contributed by atoms with van der Waals surface area (Å²) in [6.07, 6.45) is -3.83. The van der Waals surface area contributed by atoms with Crippen LogP contribution in [0.4, 0.5) is 13.6 Å². The molecule has 10 heteroatoms. The number of urea groups is 1. The highest BCUT2D eigenvalue weighted by Gasteiger charge is 2.47. The second-order valence-corrected chi connectivity index (χ2v) is 5.78. The van der Waals surface area contributed by atoms with Crippen LogP contribution in [0, 0.1) is 0 Å². The van der Waals surface area contributed by atoms with Crippen molar-refractivity contribution in [2.75, 3.05) is 6.61 Å². The number of β-lactam (4-membered cyclic amide) rings is 1. The molecular formula is C16H16F2N2O6. The van der Waals surface area contributed by atoms with E-state index in [0.29, 0.717) is 5.56 Å². The van der Waals surface area contributed by atoms with Gasteiger partial charge in [0, 0.05) is 0 Å². The first-order valence-corrected chi connectivity index (χ1v) is 7.91. The number of nitrogens with zero attached hydrogens (tertiary/aromatic N) is 1. The third kappa shape index (κ3) is 3.26. The Hall–Kier alpha value is -2.91. The van der Waals surface area contributed by atoms with Crippen LogP contribution in [0.2, 0.25) is 0 Å². The van der Waals surface area contributed by atoms with E-state index in [-0.39, 0.29) is 24.5 Å². The molecule has 1 saturated heterocycles. The Bertz CT molecular complexity index is 769. The summed E-state index contributed by atoms with van der Waals surface area (Å²) in [6.45, 7) is 3.35. The van der Waals surface area contributed by atoms with Crippen molar-refractivity contribution in [2.24, 2.45) is 0 Å². The van der Waals surface area contributed by atoms with Gasteiger partial charge in [-0.1, -0.05) is 6.07 Å². The number of alkyl halides is 2. The van der Waals surface area contributed by atoms with Crippen LogP contribution in [0.15, 0.2) is 18.2 Å². The van der Waals surface area contributed by atoms with Crippen molar-refractivity contribution in [2.45, 2.75) is 38.6 Å². The minimum atomic E-state index is -3.73. The Labute approximate surface area is 147 Å². The number of amides is 3. The number of rotatable bonds is 4. The summed E-state index contributed by atoms with van der Waals surface area (Å²) >= 11 is 0. The third-order valence-electron chi connectivity index (χ3n) is 3.99. The Morgan fingerprint density at radius 2 is 2.08 bits per heavy atom. The molecule has 2 aliphatic heterocycles. The van der Waals surface area contributed by atoms with Crippen LogP contribution in [0.1, 0.15) is 31.9 Å². The Morgan fingerprint density at radius 3 is 2.73 bits per heavy atom. The first-order valence-electron chi connectivity index (χ1n) is 7.91. The SMILES string of the molecule is CCOC(=O)[C@@H]1CC(=O)N1C(=O)N[C@H](C)c1ccc2c(c1)OC(F)(F)O2. The highest BCUT2D eigenvalue weighted by molar-refractivity contribution is 6.06. The molecule has 1 aromatic carbocycles. The second-order valence-electron chi connectivity index (χ2n) is 5.78. The van der Waals surface area contributed by atoms with Crippen molar-refractivity contribution in [3.05, 3.63) is 23.8 Å². The number of likely N-dealkylation sites (tertiary alicyclic amines) is 1. The lowest BCUT2D eigenvalue weighted by atomic mass is 10.0. The molecule has 8 nitrogen and oxygen atoms in total. The van der Waals surface area contributed by atoms with E-state index in [1.165, 1.54) is 18.2 Å². The van der Waals surface area contributed by atoms with E-state index in [1.54, 1.807) is 13.8 Å². The van der Waals surface area contributed by atoms with Crippen LogP contribution >= 0.6 is 0 Å². The lowest BCUT2D eigenvalue weighted by Crippen LogP contribution is -2.62. The second kappa shape index (κ2) is 6.43. The minimum absolute atomic E-state index is 0.0975. The van der Waals surface area contributed by atoms with Gasteiger partial charge in [-0.2, -0.15) is 0 Å². The van der Waals surface area contributed by atoms with Crippen molar-refractivity contribution in [1.29, 1.82) is 0 Å². The number of halogens is 2. The molecule has 0 spiro atoms. The van der Waals surface area contributed by atoms with Crippen molar-refractivity contribution in [1.82, 2.24) is 10.2 Å². The maximum Gasteiger partial charge on any atom is 0.586 e. The van der Waals surface area contributed by atoms with Gasteiger partial charge in [0.1, 0.15) is 6.04 Å². The summed E-state index contributed by atoms with van der Waals surface area (Å²) in [5, 5.41) is 2.54. The number of ether oxygens (including phenoxy) is 3. The number of carbonyl (C=O) groups is 3. The normalized spacial score (nSPS) is 21.0. The molecule has 0 radical (unpaired) electrons. The number of esters is 1. The maximum atomic E-state index is 13.1. The number of fused-ring (bicyclic) bond motifs is 1. The fourth-order valence-corrected chi connectivity index (χ4v) is 2.67. The first kappa shape index (κ1) is 17.9. The van der Waals surface area contributed by atoms with Crippen molar-refractivity contribution in [3.8, 4) is 11.5 Å². The smallest absolute Gasteiger partial charge is 0.464 e. The largest absolute Gasteiger partial charge is 0.586 e. The Balaban J connectivity index is 1.67. The number of hydrogen-bond donors (Lipinski definition) is 1. The van der Waals surface area contributed by atoms with Crippen molar-refractivity contribution in [3.63, 3.8) is 0 Å². The van der Waals surface area contributed by atoms with Gasteiger partial charge in [-0.3, -0.25) is 4.79 Å². The van der Waals surface area contributed by atoms with E-state index in [9.17, 15) is 23.2 Å². The molecule has 0 aromatic heterocycles. The van der Waals surface area contributed by atoms with Crippen LogP contribution in [0.5, 0.6) is 11.5 Å². The minimum Gasteiger partial charge on any atom is -0.464 e. The number of imide groups is 1. The molecule has 3 rings (SSSR count). The summed E-state index contributed by atoms with van der Waals surface area (Å²) in [4.78, 5) is 36.5. The molecule has 0 unspecified atom stereocenters. The monoisotopic (exact) mass is 370 g/mol. The number of hydrogen-bond acceptors (Lipinski definition) is 6. The summed E-state index contributed by atoms with van der Waals surface area (Å²) in [5.41, 5.74) is 0.457. The zero-order valence-electron chi connectivity index (χ0n) is 14.0. The predicted molar refractivity (Wildman–Crippen MR) is 81.5 cm³/mol. The Morgan fingerprint density at radius 1 is 1.38 bits per heavy atom. The van der Waals surface area contributed by atoms with Gasteiger partial charge in [-0.25, -0.2) is 14.5 Å². The lowest BCUT2D eigenvalue weighted by Gasteiger charge is -2.37. The molecule has 0 bridgehead atoms. The van der Waals surface area contributed by atoms with Crippen molar-refractivity contribution >= 4 is 17.9 Å². The summed E-state index contributed by atoms with van der Waals surface area (Å²) in [6, 6.07) is 1.73. The topological polar surface area (TPSA) is 94.2 Å². The number of nitrogens with one attached hydrogen (secondary N) is 1. The van der Waals surface area contributed by atoms with Gasteiger partial charge in [0.05, 0.1) is 19.1 Å². The van der Waals surface area contributed by atoms with E-state index >= 15 is 0 Å².